The van der Waals surface area contributed by atoms with Crippen molar-refractivity contribution in [2.24, 2.45) is 0 Å². The zero-order chi connectivity index (χ0) is 15.3. The van der Waals surface area contributed by atoms with Crippen LogP contribution in [0.3, 0.4) is 0 Å². The third-order valence-electron chi connectivity index (χ3n) is 2.15. The SMILES string of the molecule is CC(C)(C)OC(=O)NCC(O)Cn1ccnc1[N+](=O)[O-]. The predicted molar refractivity (Wildman–Crippen MR) is 69.1 cm³/mol. The summed E-state index contributed by atoms with van der Waals surface area (Å²) in [6, 6.07) is 0. The van der Waals surface area contributed by atoms with Crippen molar-refractivity contribution < 1.29 is 19.6 Å². The Kier molecular flexibility index (Phi) is 5.03. The van der Waals surface area contributed by atoms with Gasteiger partial charge in [0.05, 0.1) is 6.54 Å². The van der Waals surface area contributed by atoms with Crippen LogP contribution < -0.4 is 5.32 Å². The molecule has 0 radical (unpaired) electrons. The van der Waals surface area contributed by atoms with E-state index in [2.05, 4.69) is 10.3 Å². The average molecular weight is 286 g/mol. The Labute approximate surface area is 115 Å². The Bertz CT molecular complexity index is 479. The quantitative estimate of drug-likeness (QED) is 0.606. The van der Waals surface area contributed by atoms with E-state index in [1.165, 1.54) is 17.0 Å². The number of nitrogens with zero attached hydrogens (tertiary/aromatic N) is 3. The monoisotopic (exact) mass is 286 g/mol. The molecule has 0 saturated heterocycles. The van der Waals surface area contributed by atoms with E-state index in [1.807, 2.05) is 0 Å². The molecule has 0 spiro atoms. The summed E-state index contributed by atoms with van der Waals surface area (Å²) in [7, 11) is 0. The molecular formula is C11H18N4O5. The Morgan fingerprint density at radius 1 is 1.65 bits per heavy atom. The molecule has 9 nitrogen and oxygen atoms in total. The lowest BCUT2D eigenvalue weighted by atomic mass is 10.2. The van der Waals surface area contributed by atoms with E-state index in [0.717, 1.165) is 0 Å². The Balaban J connectivity index is 2.44. The molecule has 1 atom stereocenters. The minimum absolute atomic E-state index is 0.0495. The van der Waals surface area contributed by atoms with Crippen molar-refractivity contribution >= 4 is 12.0 Å². The van der Waals surface area contributed by atoms with Crippen LogP contribution in [0.25, 0.3) is 0 Å². The second-order valence-corrected chi connectivity index (χ2v) is 5.17. The lowest BCUT2D eigenvalue weighted by Crippen LogP contribution is -2.38. The molecule has 0 aliphatic heterocycles. The maximum absolute atomic E-state index is 11.4. The fraction of sp³-hybridized carbons (Fsp3) is 0.636. The molecule has 1 rings (SSSR count). The summed E-state index contributed by atoms with van der Waals surface area (Å²) in [5, 5.41) is 22.8. The van der Waals surface area contributed by atoms with Crippen molar-refractivity contribution in [2.75, 3.05) is 6.54 Å². The van der Waals surface area contributed by atoms with E-state index in [0.29, 0.717) is 0 Å². The highest BCUT2D eigenvalue weighted by molar-refractivity contribution is 5.67. The van der Waals surface area contributed by atoms with Crippen LogP contribution in [0.5, 0.6) is 0 Å². The number of aromatic nitrogens is 2. The van der Waals surface area contributed by atoms with Crippen LogP contribution in [0.4, 0.5) is 10.7 Å². The Hall–Kier alpha value is -2.16. The average Bonchev–Trinajstić information content (AvgIpc) is 2.72. The number of aliphatic hydroxyl groups excluding tert-OH is 1. The number of hydrogen-bond donors (Lipinski definition) is 2. The second-order valence-electron chi connectivity index (χ2n) is 5.17. The highest BCUT2D eigenvalue weighted by Gasteiger charge is 2.20. The van der Waals surface area contributed by atoms with Crippen molar-refractivity contribution in [2.45, 2.75) is 39.0 Å². The number of alkyl carbamates (subject to hydrolysis) is 1. The fourth-order valence-corrected chi connectivity index (χ4v) is 1.42. The molecule has 0 aliphatic rings. The number of imidazole rings is 1. The maximum atomic E-state index is 11.4. The first-order chi connectivity index (χ1) is 9.19. The van der Waals surface area contributed by atoms with Gasteiger partial charge in [-0.3, -0.25) is 0 Å². The van der Waals surface area contributed by atoms with Crippen molar-refractivity contribution in [3.05, 3.63) is 22.5 Å². The minimum atomic E-state index is -0.990. The molecule has 112 valence electrons. The topological polar surface area (TPSA) is 120 Å². The molecule has 1 aromatic rings. The third kappa shape index (κ3) is 5.22. The molecule has 0 fully saturated rings. The lowest BCUT2D eigenvalue weighted by Gasteiger charge is -2.20. The largest absolute Gasteiger partial charge is 0.444 e. The first-order valence-corrected chi connectivity index (χ1v) is 5.99. The minimum Gasteiger partial charge on any atom is -0.444 e. The van der Waals surface area contributed by atoms with Gasteiger partial charge in [-0.1, -0.05) is 4.98 Å². The van der Waals surface area contributed by atoms with Gasteiger partial charge < -0.3 is 25.3 Å². The summed E-state index contributed by atoms with van der Waals surface area (Å²) >= 11 is 0. The molecule has 0 aromatic carbocycles. The van der Waals surface area contributed by atoms with Gasteiger partial charge in [0.1, 0.15) is 24.1 Å². The molecular weight excluding hydrogens is 268 g/mol. The van der Waals surface area contributed by atoms with Crippen LogP contribution >= 0.6 is 0 Å². The van der Waals surface area contributed by atoms with E-state index >= 15 is 0 Å². The van der Waals surface area contributed by atoms with Gasteiger partial charge in [0, 0.05) is 6.54 Å². The Morgan fingerprint density at radius 3 is 2.85 bits per heavy atom. The summed E-state index contributed by atoms with van der Waals surface area (Å²) in [6.07, 6.45) is 1.01. The summed E-state index contributed by atoms with van der Waals surface area (Å²) in [5.74, 6) is -0.360. The number of nitro groups is 1. The van der Waals surface area contributed by atoms with Gasteiger partial charge in [-0.25, -0.2) is 9.36 Å². The number of nitrogens with one attached hydrogen (secondary N) is 1. The van der Waals surface area contributed by atoms with Crippen molar-refractivity contribution in [1.82, 2.24) is 14.9 Å². The zero-order valence-corrected chi connectivity index (χ0v) is 11.6. The number of carbonyl (C=O) groups excluding carboxylic acids is 1. The zero-order valence-electron chi connectivity index (χ0n) is 11.6. The second kappa shape index (κ2) is 6.33. The summed E-state index contributed by atoms with van der Waals surface area (Å²) in [6.45, 7) is 5.03. The van der Waals surface area contributed by atoms with E-state index < -0.39 is 22.7 Å². The van der Waals surface area contributed by atoms with Crippen LogP contribution in [-0.4, -0.2) is 43.9 Å². The molecule has 9 heteroatoms. The summed E-state index contributed by atoms with van der Waals surface area (Å²) in [4.78, 5) is 24.9. The number of amides is 1. The highest BCUT2D eigenvalue weighted by atomic mass is 16.6. The molecule has 0 saturated carbocycles. The number of ether oxygens (including phenoxy) is 1. The van der Waals surface area contributed by atoms with E-state index in [9.17, 15) is 20.0 Å². The van der Waals surface area contributed by atoms with Crippen LogP contribution in [0.1, 0.15) is 20.8 Å². The molecule has 1 aromatic heterocycles. The smallest absolute Gasteiger partial charge is 0.434 e. The first-order valence-electron chi connectivity index (χ1n) is 5.99. The van der Waals surface area contributed by atoms with Crippen molar-refractivity contribution in [3.63, 3.8) is 0 Å². The normalized spacial score (nSPS) is 12.8. The van der Waals surface area contributed by atoms with E-state index in [1.54, 1.807) is 20.8 Å². The molecule has 1 amide bonds. The molecule has 2 N–H and O–H groups in total. The van der Waals surface area contributed by atoms with Gasteiger partial charge >= 0.3 is 12.0 Å². The predicted octanol–water partition coefficient (Wildman–Crippen LogP) is 0.677. The summed E-state index contributed by atoms with van der Waals surface area (Å²) < 4.78 is 6.19. The molecule has 1 unspecified atom stereocenters. The van der Waals surface area contributed by atoms with Gasteiger partial charge in [0.25, 0.3) is 0 Å². The number of carbonyl (C=O) groups is 1. The number of rotatable bonds is 5. The van der Waals surface area contributed by atoms with Gasteiger partial charge in [0.15, 0.2) is 0 Å². The Morgan fingerprint density at radius 2 is 2.30 bits per heavy atom. The van der Waals surface area contributed by atoms with Crippen LogP contribution in [0.2, 0.25) is 0 Å². The number of aliphatic hydroxyl groups is 1. The number of hydrogen-bond acceptors (Lipinski definition) is 6. The van der Waals surface area contributed by atoms with Crippen LogP contribution in [0.15, 0.2) is 12.4 Å². The van der Waals surface area contributed by atoms with Crippen LogP contribution in [0, 0.1) is 10.1 Å². The van der Waals surface area contributed by atoms with E-state index in [-0.39, 0.29) is 19.0 Å². The van der Waals surface area contributed by atoms with E-state index in [4.69, 9.17) is 4.74 Å². The highest BCUT2D eigenvalue weighted by Crippen LogP contribution is 2.08. The molecule has 20 heavy (non-hydrogen) atoms. The third-order valence-corrected chi connectivity index (χ3v) is 2.15. The fourth-order valence-electron chi connectivity index (χ4n) is 1.42. The van der Waals surface area contributed by atoms with Gasteiger partial charge in [0.2, 0.25) is 0 Å². The molecule has 1 heterocycles. The molecule has 0 bridgehead atoms. The van der Waals surface area contributed by atoms with Gasteiger partial charge in [-0.15, -0.1) is 0 Å². The van der Waals surface area contributed by atoms with Crippen LogP contribution in [-0.2, 0) is 11.3 Å². The van der Waals surface area contributed by atoms with Crippen molar-refractivity contribution in [3.8, 4) is 0 Å². The first kappa shape index (κ1) is 15.9. The maximum Gasteiger partial charge on any atom is 0.434 e. The lowest BCUT2D eigenvalue weighted by molar-refractivity contribution is -0.397. The van der Waals surface area contributed by atoms with Gasteiger partial charge in [-0.2, -0.15) is 0 Å². The van der Waals surface area contributed by atoms with Gasteiger partial charge in [-0.05, 0) is 25.7 Å². The standard InChI is InChI=1S/C11H18N4O5/c1-11(2,3)20-10(17)13-6-8(16)7-14-5-4-12-9(14)15(18)19/h4-5,8,16H,6-7H2,1-3H3,(H,13,17). The molecule has 0 aliphatic carbocycles. The summed E-state index contributed by atoms with van der Waals surface area (Å²) in [5.41, 5.74) is -0.627. The van der Waals surface area contributed by atoms with Crippen molar-refractivity contribution in [1.29, 1.82) is 0 Å².